The summed E-state index contributed by atoms with van der Waals surface area (Å²) in [5.41, 5.74) is 1.57. The summed E-state index contributed by atoms with van der Waals surface area (Å²) < 4.78 is 28.2. The Labute approximate surface area is 124 Å². The minimum atomic E-state index is -2.43. The molecule has 0 fully saturated rings. The molecule has 0 amide bonds. The number of halogens is 1. The Morgan fingerprint density at radius 2 is 2.20 bits per heavy atom. The van der Waals surface area contributed by atoms with Crippen molar-refractivity contribution in [2.24, 2.45) is 0 Å². The van der Waals surface area contributed by atoms with Crippen molar-refractivity contribution in [3.8, 4) is 5.75 Å². The van der Waals surface area contributed by atoms with Crippen LogP contribution in [0.3, 0.4) is 0 Å². The molecule has 0 aliphatic heterocycles. The van der Waals surface area contributed by atoms with E-state index in [2.05, 4.69) is 15.9 Å². The number of carbonyl (C=O) groups is 1. The van der Waals surface area contributed by atoms with Gasteiger partial charge in [-0.25, -0.2) is 4.79 Å². The maximum atomic E-state index is 11.9. The van der Waals surface area contributed by atoms with Crippen molar-refractivity contribution in [3.05, 3.63) is 28.4 Å². The molecule has 20 heavy (non-hydrogen) atoms. The lowest BCUT2D eigenvalue weighted by Gasteiger charge is -2.01. The molecule has 0 spiro atoms. The van der Waals surface area contributed by atoms with Gasteiger partial charge in [0.2, 0.25) is 10.3 Å². The average Bonchev–Trinajstić information content (AvgIpc) is 2.68. The number of esters is 1. The first kappa shape index (κ1) is 14.6. The molecule has 1 N–H and O–H groups in total. The van der Waals surface area contributed by atoms with Crippen LogP contribution >= 0.6 is 15.9 Å². The summed E-state index contributed by atoms with van der Waals surface area (Å²) in [7, 11) is -2.43. The molecule has 6 nitrogen and oxygen atoms in total. The Balaban J connectivity index is 2.79. The lowest BCUT2D eigenvalue weighted by atomic mass is 10.1. The van der Waals surface area contributed by atoms with Crippen molar-refractivity contribution in [1.82, 2.24) is 4.57 Å². The predicted molar refractivity (Wildman–Crippen MR) is 77.6 cm³/mol. The third-order valence-corrected chi connectivity index (χ3v) is 3.63. The third kappa shape index (κ3) is 2.70. The molecule has 0 saturated carbocycles. The number of rotatable bonds is 3. The number of nitrogens with zero attached hydrogens (tertiary/aromatic N) is 1. The van der Waals surface area contributed by atoms with Gasteiger partial charge in [0.25, 0.3) is 0 Å². The Kier molecular flexibility index (Phi) is 4.15. The van der Waals surface area contributed by atoms with Gasteiger partial charge in [0, 0.05) is 11.6 Å². The lowest BCUT2D eigenvalue weighted by molar-refractivity contribution is 0.0528. The van der Waals surface area contributed by atoms with Crippen LogP contribution in [0.1, 0.15) is 17.3 Å². The molecule has 2 aromatic rings. The summed E-state index contributed by atoms with van der Waals surface area (Å²) in [4.78, 5) is 11.9. The second-order valence-electron chi connectivity index (χ2n) is 3.86. The van der Waals surface area contributed by atoms with E-state index in [1.54, 1.807) is 6.92 Å². The zero-order valence-corrected chi connectivity index (χ0v) is 12.7. The summed E-state index contributed by atoms with van der Waals surface area (Å²) in [6.07, 6.45) is 1.35. The standard InChI is InChI=1S/C12H10BrNO5S/c1-2-19-12(16)8-5-14(6-20(17)18)10-4-9(13)11(15)3-7(8)10/h3-6,15H,2H2,1H3. The molecule has 2 rings (SSSR count). The second kappa shape index (κ2) is 5.68. The molecule has 0 aliphatic rings. The lowest BCUT2D eigenvalue weighted by Crippen LogP contribution is -2.03. The summed E-state index contributed by atoms with van der Waals surface area (Å²) in [5.74, 6) is -0.632. The fourth-order valence-electron chi connectivity index (χ4n) is 1.81. The number of aromatic nitrogens is 1. The van der Waals surface area contributed by atoms with Crippen LogP contribution in [0.25, 0.3) is 10.9 Å². The monoisotopic (exact) mass is 359 g/mol. The van der Waals surface area contributed by atoms with Crippen LogP contribution in [0.2, 0.25) is 0 Å². The van der Waals surface area contributed by atoms with Gasteiger partial charge < -0.3 is 14.4 Å². The minimum Gasteiger partial charge on any atom is -0.507 e. The smallest absolute Gasteiger partial charge is 0.340 e. The Hall–Kier alpha value is -1.80. The highest BCUT2D eigenvalue weighted by atomic mass is 79.9. The SMILES string of the molecule is CCOC(=O)c1cn(C=S(=O)=O)c2cc(Br)c(O)cc12. The van der Waals surface area contributed by atoms with E-state index in [0.717, 1.165) is 5.49 Å². The van der Waals surface area contributed by atoms with Crippen molar-refractivity contribution in [2.75, 3.05) is 6.61 Å². The zero-order chi connectivity index (χ0) is 14.9. The maximum Gasteiger partial charge on any atom is 0.340 e. The number of fused-ring (bicyclic) bond motifs is 1. The number of carbonyl (C=O) groups excluding carboxylic acids is 1. The van der Waals surface area contributed by atoms with Crippen LogP contribution < -0.4 is 0 Å². The van der Waals surface area contributed by atoms with Gasteiger partial charge in [0.15, 0.2) is 0 Å². The molecule has 1 aromatic carbocycles. The molecule has 8 heteroatoms. The Bertz CT molecular complexity index is 814. The topological polar surface area (TPSA) is 85.6 Å². The number of hydrogen-bond donors (Lipinski definition) is 1. The number of ether oxygens (including phenoxy) is 1. The first-order valence-electron chi connectivity index (χ1n) is 5.57. The van der Waals surface area contributed by atoms with Crippen LogP contribution in [0.5, 0.6) is 5.75 Å². The van der Waals surface area contributed by atoms with E-state index in [1.807, 2.05) is 0 Å². The van der Waals surface area contributed by atoms with E-state index in [0.29, 0.717) is 15.4 Å². The summed E-state index contributed by atoms with van der Waals surface area (Å²) in [6.45, 7) is 1.87. The molecule has 0 saturated heterocycles. The van der Waals surface area contributed by atoms with Gasteiger partial charge >= 0.3 is 5.97 Å². The van der Waals surface area contributed by atoms with Gasteiger partial charge in [-0.3, -0.25) is 0 Å². The largest absolute Gasteiger partial charge is 0.507 e. The highest BCUT2D eigenvalue weighted by molar-refractivity contribution is 9.10. The molecule has 0 radical (unpaired) electrons. The predicted octanol–water partition coefficient (Wildman–Crippen LogP) is 1.77. The first-order valence-corrected chi connectivity index (χ1v) is 7.50. The summed E-state index contributed by atoms with van der Waals surface area (Å²) in [6, 6.07) is 2.90. The van der Waals surface area contributed by atoms with Gasteiger partial charge in [-0.1, -0.05) is 0 Å². The van der Waals surface area contributed by atoms with E-state index < -0.39 is 16.3 Å². The number of phenols is 1. The Morgan fingerprint density at radius 1 is 1.50 bits per heavy atom. The average molecular weight is 360 g/mol. The van der Waals surface area contributed by atoms with E-state index >= 15 is 0 Å². The molecule has 0 unspecified atom stereocenters. The van der Waals surface area contributed by atoms with Crippen LogP contribution in [0.15, 0.2) is 22.8 Å². The molecular weight excluding hydrogens is 350 g/mol. The van der Waals surface area contributed by atoms with E-state index in [4.69, 9.17) is 4.74 Å². The van der Waals surface area contributed by atoms with Gasteiger partial charge in [-0.05, 0) is 35.0 Å². The van der Waals surface area contributed by atoms with Gasteiger partial charge in [-0.15, -0.1) is 0 Å². The first-order chi connectivity index (χ1) is 9.43. The molecule has 0 bridgehead atoms. The highest BCUT2D eigenvalue weighted by Gasteiger charge is 2.17. The molecule has 1 aromatic heterocycles. The van der Waals surface area contributed by atoms with E-state index in [1.165, 1.54) is 22.9 Å². The van der Waals surface area contributed by atoms with E-state index in [-0.39, 0.29) is 17.9 Å². The minimum absolute atomic E-state index is 0.0518. The second-order valence-corrected chi connectivity index (χ2v) is 5.44. The van der Waals surface area contributed by atoms with E-state index in [9.17, 15) is 18.3 Å². The summed E-state index contributed by atoms with van der Waals surface area (Å²) >= 11 is 3.15. The maximum absolute atomic E-state index is 11.9. The quantitative estimate of drug-likeness (QED) is 0.666. The van der Waals surface area contributed by atoms with Crippen LogP contribution in [-0.4, -0.2) is 36.2 Å². The van der Waals surface area contributed by atoms with Crippen molar-refractivity contribution in [3.63, 3.8) is 0 Å². The van der Waals surface area contributed by atoms with Crippen LogP contribution in [0.4, 0.5) is 0 Å². The highest BCUT2D eigenvalue weighted by Crippen LogP contribution is 2.32. The zero-order valence-electron chi connectivity index (χ0n) is 10.3. The Morgan fingerprint density at radius 3 is 2.80 bits per heavy atom. The molecule has 106 valence electrons. The normalized spacial score (nSPS) is 10.5. The number of phenolic OH excluding ortho intramolecular Hbond substituents is 1. The van der Waals surface area contributed by atoms with Crippen molar-refractivity contribution in [1.29, 1.82) is 0 Å². The van der Waals surface area contributed by atoms with Crippen molar-refractivity contribution >= 4 is 48.6 Å². The van der Waals surface area contributed by atoms with Gasteiger partial charge in [0.1, 0.15) is 11.2 Å². The van der Waals surface area contributed by atoms with Crippen LogP contribution in [-0.2, 0) is 15.0 Å². The van der Waals surface area contributed by atoms with Gasteiger partial charge in [0.05, 0.1) is 22.2 Å². The number of aromatic hydroxyl groups is 1. The fourth-order valence-corrected chi connectivity index (χ4v) is 2.50. The molecule has 0 atom stereocenters. The number of benzene rings is 1. The third-order valence-electron chi connectivity index (χ3n) is 2.60. The summed E-state index contributed by atoms with van der Waals surface area (Å²) in [5, 5.41) is 10.1. The van der Waals surface area contributed by atoms with Crippen molar-refractivity contribution < 1.29 is 23.1 Å². The van der Waals surface area contributed by atoms with Crippen molar-refractivity contribution in [2.45, 2.75) is 6.92 Å². The van der Waals surface area contributed by atoms with Gasteiger partial charge in [-0.2, -0.15) is 8.42 Å². The molecule has 0 aliphatic carbocycles. The van der Waals surface area contributed by atoms with Crippen LogP contribution in [0, 0.1) is 0 Å². The number of hydrogen-bond acceptors (Lipinski definition) is 5. The fraction of sp³-hybridized carbons (Fsp3) is 0.167. The molecule has 1 heterocycles. The molecular formula is C12H10BrNO5S.